The van der Waals surface area contributed by atoms with E-state index in [0.717, 1.165) is 15.6 Å². The van der Waals surface area contributed by atoms with E-state index in [0.29, 0.717) is 18.8 Å². The molecule has 9 heteroatoms. The van der Waals surface area contributed by atoms with Crippen LogP contribution in [0.1, 0.15) is 12.0 Å². The lowest BCUT2D eigenvalue weighted by atomic mass is 10.2. The van der Waals surface area contributed by atoms with Crippen molar-refractivity contribution in [2.45, 2.75) is 16.7 Å². The fourth-order valence-electron chi connectivity index (χ4n) is 3.46. The summed E-state index contributed by atoms with van der Waals surface area (Å²) in [4.78, 5) is 18.7. The van der Waals surface area contributed by atoms with Gasteiger partial charge < -0.3 is 10.6 Å². The van der Waals surface area contributed by atoms with E-state index in [-0.39, 0.29) is 16.8 Å². The highest BCUT2D eigenvalue weighted by molar-refractivity contribution is 7.91. The highest BCUT2D eigenvalue weighted by Crippen LogP contribution is 2.32. The van der Waals surface area contributed by atoms with E-state index in [9.17, 15) is 13.2 Å². The molecule has 2 aromatic carbocycles. The number of fused-ring (bicyclic) bond motifs is 1. The van der Waals surface area contributed by atoms with Crippen molar-refractivity contribution >= 4 is 43.2 Å². The summed E-state index contributed by atoms with van der Waals surface area (Å²) < 4.78 is 28.5. The van der Waals surface area contributed by atoms with Crippen LogP contribution in [-0.4, -0.2) is 55.7 Å². The minimum absolute atomic E-state index is 0.104. The predicted octanol–water partition coefficient (Wildman–Crippen LogP) is 2.49. The van der Waals surface area contributed by atoms with Crippen molar-refractivity contribution in [3.8, 4) is 0 Å². The number of hydrogen-bond donors (Lipinski definition) is 1. The normalized spacial score (nSPS) is 17.9. The maximum atomic E-state index is 13.1. The topological polar surface area (TPSA) is 96.1 Å². The first-order valence-electron chi connectivity index (χ1n) is 9.48. The van der Waals surface area contributed by atoms with Crippen molar-refractivity contribution in [1.29, 1.82) is 0 Å². The van der Waals surface area contributed by atoms with E-state index < -0.39 is 16.1 Å². The van der Waals surface area contributed by atoms with Gasteiger partial charge in [-0.2, -0.15) is 4.31 Å². The number of likely N-dealkylation sites (tertiary alicyclic amines) is 1. The number of amides is 1. The third-order valence-corrected chi connectivity index (χ3v) is 8.66. The number of nitrogens with zero attached hydrogens (tertiary/aromatic N) is 3. The summed E-state index contributed by atoms with van der Waals surface area (Å²) in [6.45, 7) is 0.536. The van der Waals surface area contributed by atoms with Crippen LogP contribution in [0.3, 0.4) is 0 Å². The van der Waals surface area contributed by atoms with Crippen LogP contribution in [0.25, 0.3) is 10.1 Å². The summed E-state index contributed by atoms with van der Waals surface area (Å²) >= 11 is 1.21. The van der Waals surface area contributed by atoms with E-state index in [2.05, 4.69) is 4.99 Å². The molecule has 1 aromatic heterocycles. The van der Waals surface area contributed by atoms with Gasteiger partial charge in [-0.25, -0.2) is 13.4 Å². The van der Waals surface area contributed by atoms with Crippen LogP contribution in [0.4, 0.5) is 0 Å². The van der Waals surface area contributed by atoms with Crippen molar-refractivity contribution in [2.75, 3.05) is 20.3 Å². The molecule has 3 aromatic rings. The fourth-order valence-corrected chi connectivity index (χ4v) is 6.38. The molecule has 0 spiro atoms. The molecule has 0 radical (unpaired) electrons. The molecule has 0 aliphatic carbocycles. The summed E-state index contributed by atoms with van der Waals surface area (Å²) in [5.41, 5.74) is 6.78. The van der Waals surface area contributed by atoms with Crippen molar-refractivity contribution in [2.24, 2.45) is 10.7 Å². The number of likely N-dealkylation sites (N-methyl/N-ethyl adjacent to an activating group) is 1. The van der Waals surface area contributed by atoms with Gasteiger partial charge in [-0.3, -0.25) is 4.79 Å². The summed E-state index contributed by atoms with van der Waals surface area (Å²) in [6, 6.07) is 17.7. The maximum Gasteiger partial charge on any atom is 0.253 e. The quantitative estimate of drug-likeness (QED) is 0.469. The predicted molar refractivity (Wildman–Crippen MR) is 119 cm³/mol. The second-order valence-corrected chi connectivity index (χ2v) is 10.4. The molecule has 1 aliphatic heterocycles. The molecule has 2 heterocycles. The molecule has 0 unspecified atom stereocenters. The Morgan fingerprint density at radius 1 is 1.20 bits per heavy atom. The fraction of sp³-hybridized carbons (Fsp3) is 0.238. The number of benzene rings is 2. The molecule has 0 saturated carbocycles. The zero-order valence-electron chi connectivity index (χ0n) is 16.4. The highest BCUT2D eigenvalue weighted by Gasteiger charge is 2.40. The Hall–Kier alpha value is -2.75. The molecule has 4 rings (SSSR count). The molecule has 2 N–H and O–H groups in total. The lowest BCUT2D eigenvalue weighted by Gasteiger charge is -2.22. The highest BCUT2D eigenvalue weighted by atomic mass is 32.2. The molecule has 0 bridgehead atoms. The van der Waals surface area contributed by atoms with Gasteiger partial charge in [0.1, 0.15) is 22.8 Å². The summed E-state index contributed by atoms with van der Waals surface area (Å²) in [6.07, 6.45) is 0.417. The third-order valence-electron chi connectivity index (χ3n) is 5.23. The number of aliphatic imine (C=N–C) groups is 1. The second kappa shape index (κ2) is 8.17. The lowest BCUT2D eigenvalue weighted by molar-refractivity contribution is -0.130. The number of hydrogen-bond acceptors (Lipinski definition) is 5. The van der Waals surface area contributed by atoms with Crippen LogP contribution in [0.15, 0.2) is 69.9 Å². The van der Waals surface area contributed by atoms with Crippen LogP contribution in [0, 0.1) is 0 Å². The van der Waals surface area contributed by atoms with Gasteiger partial charge in [0.2, 0.25) is 5.91 Å². The number of rotatable bonds is 6. The van der Waals surface area contributed by atoms with Crippen LogP contribution in [0.5, 0.6) is 0 Å². The summed E-state index contributed by atoms with van der Waals surface area (Å²) in [5, 5.41) is 0.875. The molecule has 7 nitrogen and oxygen atoms in total. The molecule has 1 aliphatic rings. The Bertz CT molecular complexity index is 1170. The standard InChI is InChI=1S/C21H22N4O3S2/c1-24(30(27,28)19-13-16-9-5-6-10-18(16)29-19)17-11-12-25(21(17)26)14-23-20(22)15-7-3-2-4-8-15/h2-10,13,17H,11-12,14H2,1H3,(H2,22,23)/t17-/m0/s1. The first-order chi connectivity index (χ1) is 14.4. The molecule has 156 valence electrons. The van der Waals surface area contributed by atoms with Crippen molar-refractivity contribution in [3.63, 3.8) is 0 Å². The van der Waals surface area contributed by atoms with E-state index in [1.165, 1.54) is 27.6 Å². The average molecular weight is 443 g/mol. The van der Waals surface area contributed by atoms with Gasteiger partial charge in [-0.05, 0) is 23.9 Å². The minimum Gasteiger partial charge on any atom is -0.383 e. The molecule has 30 heavy (non-hydrogen) atoms. The van der Waals surface area contributed by atoms with Gasteiger partial charge in [0.15, 0.2) is 0 Å². The number of carbonyl (C=O) groups excluding carboxylic acids is 1. The average Bonchev–Trinajstić information content (AvgIpc) is 3.36. The minimum atomic E-state index is -3.77. The Morgan fingerprint density at radius 3 is 2.63 bits per heavy atom. The van der Waals surface area contributed by atoms with Gasteiger partial charge in [-0.15, -0.1) is 11.3 Å². The van der Waals surface area contributed by atoms with Crippen molar-refractivity contribution < 1.29 is 13.2 Å². The Labute approximate surface area is 179 Å². The Morgan fingerprint density at radius 2 is 1.90 bits per heavy atom. The molecular weight excluding hydrogens is 420 g/mol. The molecule has 1 atom stereocenters. The molecular formula is C21H22N4O3S2. The van der Waals surface area contributed by atoms with E-state index in [1.807, 2.05) is 54.6 Å². The number of sulfonamides is 1. The summed E-state index contributed by atoms with van der Waals surface area (Å²) in [7, 11) is -2.31. The maximum absolute atomic E-state index is 13.1. The van der Waals surface area contributed by atoms with E-state index >= 15 is 0 Å². The smallest absolute Gasteiger partial charge is 0.253 e. The van der Waals surface area contributed by atoms with E-state index in [4.69, 9.17) is 5.73 Å². The van der Waals surface area contributed by atoms with Gasteiger partial charge in [0.25, 0.3) is 10.0 Å². The Balaban J connectivity index is 1.48. The summed E-state index contributed by atoms with van der Waals surface area (Å²) in [5.74, 6) is 0.0879. The molecule has 1 amide bonds. The van der Waals surface area contributed by atoms with Crippen molar-refractivity contribution in [3.05, 3.63) is 66.2 Å². The third kappa shape index (κ3) is 3.83. The van der Waals surface area contributed by atoms with E-state index in [1.54, 1.807) is 6.07 Å². The van der Waals surface area contributed by atoms with Crippen LogP contribution in [-0.2, 0) is 14.8 Å². The monoisotopic (exact) mass is 442 g/mol. The number of nitrogens with two attached hydrogens (primary N) is 1. The van der Waals surface area contributed by atoms with Crippen LogP contribution in [0.2, 0.25) is 0 Å². The number of carbonyl (C=O) groups is 1. The Kier molecular flexibility index (Phi) is 5.59. The second-order valence-electron chi connectivity index (χ2n) is 7.08. The lowest BCUT2D eigenvalue weighted by Crippen LogP contribution is -2.42. The first-order valence-corrected chi connectivity index (χ1v) is 11.7. The molecule has 1 fully saturated rings. The largest absolute Gasteiger partial charge is 0.383 e. The zero-order valence-corrected chi connectivity index (χ0v) is 18.1. The number of thiophene rings is 1. The van der Waals surface area contributed by atoms with Gasteiger partial charge in [0.05, 0.1) is 0 Å². The zero-order chi connectivity index (χ0) is 21.3. The van der Waals surface area contributed by atoms with Crippen LogP contribution >= 0.6 is 11.3 Å². The molecule has 1 saturated heterocycles. The van der Waals surface area contributed by atoms with Gasteiger partial charge >= 0.3 is 0 Å². The van der Waals surface area contributed by atoms with Gasteiger partial charge in [0, 0.05) is 23.9 Å². The number of amidine groups is 1. The SMILES string of the molecule is CN([C@H]1CCN(CN=C(N)c2ccccc2)C1=O)S(=O)(=O)c1cc2ccccc2s1. The van der Waals surface area contributed by atoms with Gasteiger partial charge in [-0.1, -0.05) is 48.5 Å². The van der Waals surface area contributed by atoms with Crippen LogP contribution < -0.4 is 5.73 Å². The first kappa shape index (κ1) is 20.5. The van der Waals surface area contributed by atoms with Crippen molar-refractivity contribution in [1.82, 2.24) is 9.21 Å².